The van der Waals surface area contributed by atoms with Gasteiger partial charge in [-0.05, 0) is 46.9 Å². The molecule has 1 heterocycles. The molecule has 0 atom stereocenters. The van der Waals surface area contributed by atoms with Crippen LogP contribution in [0, 0.1) is 6.92 Å². The third-order valence-electron chi connectivity index (χ3n) is 3.41. The van der Waals surface area contributed by atoms with Crippen molar-refractivity contribution in [3.63, 3.8) is 0 Å². The van der Waals surface area contributed by atoms with E-state index < -0.39 is 0 Å². The van der Waals surface area contributed by atoms with E-state index in [1.165, 1.54) is 22.3 Å². The number of hydrogen-bond donors (Lipinski definition) is 1. The van der Waals surface area contributed by atoms with Gasteiger partial charge in [0.1, 0.15) is 0 Å². The normalized spacial score (nSPS) is 13.7. The second-order valence-corrected chi connectivity index (χ2v) is 4.50. The zero-order valence-corrected chi connectivity index (χ0v) is 9.86. The minimum Gasteiger partial charge on any atom is -0.398 e. The van der Waals surface area contributed by atoms with E-state index in [1.807, 2.05) is 12.1 Å². The van der Waals surface area contributed by atoms with Crippen LogP contribution < -0.4 is 5.73 Å². The van der Waals surface area contributed by atoms with E-state index in [-0.39, 0.29) is 0 Å². The Balaban J connectivity index is 2.13. The van der Waals surface area contributed by atoms with Crippen LogP contribution in [0.4, 0.5) is 5.69 Å². The van der Waals surface area contributed by atoms with Crippen molar-refractivity contribution in [2.45, 2.75) is 20.1 Å². The Morgan fingerprint density at radius 2 is 1.88 bits per heavy atom. The first kappa shape index (κ1) is 10.4. The number of hydrogen-bond acceptors (Lipinski definition) is 2. The lowest BCUT2D eigenvalue weighted by Gasteiger charge is -2.09. The molecular formula is C15H15NO. The van der Waals surface area contributed by atoms with Gasteiger partial charge in [-0.2, -0.15) is 0 Å². The fourth-order valence-corrected chi connectivity index (χ4v) is 2.31. The molecule has 1 aliphatic rings. The van der Waals surface area contributed by atoms with Gasteiger partial charge in [0, 0.05) is 5.69 Å². The number of ether oxygens (including phenoxy) is 1. The van der Waals surface area contributed by atoms with Crippen LogP contribution in [0.15, 0.2) is 36.4 Å². The van der Waals surface area contributed by atoms with Crippen molar-refractivity contribution < 1.29 is 4.74 Å². The van der Waals surface area contributed by atoms with Crippen LogP contribution >= 0.6 is 0 Å². The molecule has 0 unspecified atom stereocenters. The zero-order chi connectivity index (χ0) is 11.8. The summed E-state index contributed by atoms with van der Waals surface area (Å²) < 4.78 is 5.44. The molecule has 0 saturated heterocycles. The monoisotopic (exact) mass is 225 g/mol. The van der Waals surface area contributed by atoms with Gasteiger partial charge >= 0.3 is 0 Å². The average Bonchev–Trinajstić information content (AvgIpc) is 2.79. The SMILES string of the molecule is Cc1c(N)cccc1-c1ccc2c(c1)COC2. The van der Waals surface area contributed by atoms with Crippen LogP contribution in [-0.4, -0.2) is 0 Å². The first-order chi connectivity index (χ1) is 8.25. The molecular weight excluding hydrogens is 210 g/mol. The van der Waals surface area contributed by atoms with Crippen molar-refractivity contribution in [3.8, 4) is 11.1 Å². The van der Waals surface area contributed by atoms with Crippen LogP contribution in [-0.2, 0) is 18.0 Å². The summed E-state index contributed by atoms with van der Waals surface area (Å²) in [4.78, 5) is 0. The second-order valence-electron chi connectivity index (χ2n) is 4.50. The van der Waals surface area contributed by atoms with Gasteiger partial charge in [-0.3, -0.25) is 0 Å². The van der Waals surface area contributed by atoms with Crippen LogP contribution in [0.2, 0.25) is 0 Å². The highest BCUT2D eigenvalue weighted by atomic mass is 16.5. The molecule has 2 aromatic rings. The summed E-state index contributed by atoms with van der Waals surface area (Å²) in [6.07, 6.45) is 0. The molecule has 0 radical (unpaired) electrons. The van der Waals surface area contributed by atoms with Crippen LogP contribution in [0.5, 0.6) is 0 Å². The highest BCUT2D eigenvalue weighted by Crippen LogP contribution is 2.30. The van der Waals surface area contributed by atoms with Crippen molar-refractivity contribution >= 4 is 5.69 Å². The Kier molecular flexibility index (Phi) is 2.37. The molecule has 86 valence electrons. The fraction of sp³-hybridized carbons (Fsp3) is 0.200. The first-order valence-corrected chi connectivity index (χ1v) is 5.81. The number of nitrogens with two attached hydrogens (primary N) is 1. The molecule has 2 heteroatoms. The minimum atomic E-state index is 0.727. The molecule has 0 saturated carbocycles. The van der Waals surface area contributed by atoms with Gasteiger partial charge in [0.15, 0.2) is 0 Å². The van der Waals surface area contributed by atoms with Crippen molar-refractivity contribution in [2.75, 3.05) is 5.73 Å². The maximum atomic E-state index is 5.95. The summed E-state index contributed by atoms with van der Waals surface area (Å²) in [6, 6.07) is 12.6. The Morgan fingerprint density at radius 3 is 2.76 bits per heavy atom. The van der Waals surface area contributed by atoms with Gasteiger partial charge in [0.2, 0.25) is 0 Å². The van der Waals surface area contributed by atoms with E-state index in [1.54, 1.807) is 0 Å². The standard InChI is InChI=1S/C15H15NO/c1-10-14(3-2-4-15(10)16)11-5-6-12-8-17-9-13(12)7-11/h2-7H,8-9,16H2,1H3. The lowest BCUT2D eigenvalue weighted by molar-refractivity contribution is 0.134. The largest absolute Gasteiger partial charge is 0.398 e. The minimum absolute atomic E-state index is 0.727. The first-order valence-electron chi connectivity index (χ1n) is 5.81. The van der Waals surface area contributed by atoms with E-state index in [0.29, 0.717) is 0 Å². The van der Waals surface area contributed by atoms with E-state index >= 15 is 0 Å². The predicted octanol–water partition coefficient (Wildman–Crippen LogP) is 3.27. The molecule has 0 aliphatic carbocycles. The molecule has 3 rings (SSSR count). The van der Waals surface area contributed by atoms with E-state index in [2.05, 4.69) is 31.2 Å². The molecule has 2 aromatic carbocycles. The lowest BCUT2D eigenvalue weighted by atomic mass is 9.96. The average molecular weight is 225 g/mol. The number of nitrogen functional groups attached to an aromatic ring is 1. The van der Waals surface area contributed by atoms with Gasteiger partial charge in [-0.25, -0.2) is 0 Å². The second kappa shape index (κ2) is 3.90. The summed E-state index contributed by atoms with van der Waals surface area (Å²) in [5.74, 6) is 0. The molecule has 17 heavy (non-hydrogen) atoms. The molecule has 0 amide bonds. The van der Waals surface area contributed by atoms with E-state index in [9.17, 15) is 0 Å². The summed E-state index contributed by atoms with van der Waals surface area (Å²) >= 11 is 0. The molecule has 0 fully saturated rings. The lowest BCUT2D eigenvalue weighted by Crippen LogP contribution is -1.92. The number of fused-ring (bicyclic) bond motifs is 1. The summed E-state index contributed by atoms with van der Waals surface area (Å²) in [5.41, 5.74) is 13.0. The van der Waals surface area contributed by atoms with Gasteiger partial charge in [0.25, 0.3) is 0 Å². The molecule has 2 nitrogen and oxygen atoms in total. The maximum Gasteiger partial charge on any atom is 0.0725 e. The van der Waals surface area contributed by atoms with Crippen molar-refractivity contribution in [2.24, 2.45) is 0 Å². The topological polar surface area (TPSA) is 35.2 Å². The van der Waals surface area contributed by atoms with Crippen LogP contribution in [0.1, 0.15) is 16.7 Å². The smallest absolute Gasteiger partial charge is 0.0725 e. The van der Waals surface area contributed by atoms with Crippen molar-refractivity contribution in [3.05, 3.63) is 53.1 Å². The Bertz CT molecular complexity index is 575. The highest BCUT2D eigenvalue weighted by Gasteiger charge is 2.12. The van der Waals surface area contributed by atoms with Crippen molar-refractivity contribution in [1.29, 1.82) is 0 Å². The number of benzene rings is 2. The maximum absolute atomic E-state index is 5.95. The zero-order valence-electron chi connectivity index (χ0n) is 9.86. The predicted molar refractivity (Wildman–Crippen MR) is 69.5 cm³/mol. The van der Waals surface area contributed by atoms with Gasteiger partial charge in [-0.15, -0.1) is 0 Å². The van der Waals surface area contributed by atoms with Crippen LogP contribution in [0.25, 0.3) is 11.1 Å². The molecule has 0 spiro atoms. The van der Waals surface area contributed by atoms with Gasteiger partial charge < -0.3 is 10.5 Å². The third kappa shape index (κ3) is 1.71. The van der Waals surface area contributed by atoms with Crippen molar-refractivity contribution in [1.82, 2.24) is 0 Å². The number of rotatable bonds is 1. The Labute approximate surface area is 101 Å². The molecule has 2 N–H and O–H groups in total. The molecule has 0 bridgehead atoms. The summed E-state index contributed by atoms with van der Waals surface area (Å²) in [5, 5.41) is 0. The summed E-state index contributed by atoms with van der Waals surface area (Å²) in [7, 11) is 0. The fourth-order valence-electron chi connectivity index (χ4n) is 2.31. The Hall–Kier alpha value is -1.80. The molecule has 1 aliphatic heterocycles. The third-order valence-corrected chi connectivity index (χ3v) is 3.41. The summed E-state index contributed by atoms with van der Waals surface area (Å²) in [6.45, 7) is 3.53. The van der Waals surface area contributed by atoms with Crippen LogP contribution in [0.3, 0.4) is 0 Å². The van der Waals surface area contributed by atoms with E-state index in [4.69, 9.17) is 10.5 Å². The quantitative estimate of drug-likeness (QED) is 0.756. The van der Waals surface area contributed by atoms with E-state index in [0.717, 1.165) is 24.5 Å². The van der Waals surface area contributed by atoms with Gasteiger partial charge in [0.05, 0.1) is 13.2 Å². The van der Waals surface area contributed by atoms with Gasteiger partial charge in [-0.1, -0.05) is 24.3 Å². The number of anilines is 1. The Morgan fingerprint density at radius 1 is 1.06 bits per heavy atom. The molecule has 0 aromatic heterocycles. The highest BCUT2D eigenvalue weighted by molar-refractivity contribution is 5.73.